The van der Waals surface area contributed by atoms with Crippen LogP contribution < -0.4 is 0 Å². The van der Waals surface area contributed by atoms with Crippen LogP contribution in [0.3, 0.4) is 0 Å². The van der Waals surface area contributed by atoms with E-state index in [0.717, 1.165) is 0 Å². The number of hydrogen-bond donors (Lipinski definition) is 3. The standard InChI is InChI=1S/C18H29NO8/c1-5-26-16(22)14-12(10-24-8-6-20)13(11-25-9-7-21)15(19-14)17(23)27-18(2,3)4/h19-21H,5-11H2,1-4H3. The molecular weight excluding hydrogens is 358 g/mol. The topological polar surface area (TPSA) is 127 Å². The fourth-order valence-corrected chi connectivity index (χ4v) is 2.25. The number of esters is 2. The lowest BCUT2D eigenvalue weighted by molar-refractivity contribution is 0.00572. The van der Waals surface area contributed by atoms with E-state index in [-0.39, 0.29) is 57.6 Å². The first-order valence-corrected chi connectivity index (χ1v) is 8.76. The van der Waals surface area contributed by atoms with E-state index in [4.69, 9.17) is 29.2 Å². The van der Waals surface area contributed by atoms with E-state index in [0.29, 0.717) is 11.1 Å². The van der Waals surface area contributed by atoms with Crippen LogP contribution in [0.1, 0.15) is 59.8 Å². The molecule has 0 bridgehead atoms. The van der Waals surface area contributed by atoms with Crippen LogP contribution in [0.25, 0.3) is 0 Å². The van der Waals surface area contributed by atoms with Gasteiger partial charge in [-0.3, -0.25) is 0 Å². The Labute approximate surface area is 158 Å². The highest BCUT2D eigenvalue weighted by Crippen LogP contribution is 2.25. The van der Waals surface area contributed by atoms with Gasteiger partial charge >= 0.3 is 11.9 Å². The van der Waals surface area contributed by atoms with Gasteiger partial charge in [-0.15, -0.1) is 0 Å². The molecule has 154 valence electrons. The van der Waals surface area contributed by atoms with Crippen molar-refractivity contribution in [2.45, 2.75) is 46.5 Å². The molecule has 3 N–H and O–H groups in total. The number of ether oxygens (including phenoxy) is 4. The summed E-state index contributed by atoms with van der Waals surface area (Å²) in [6.07, 6.45) is 0. The Morgan fingerprint density at radius 2 is 1.41 bits per heavy atom. The van der Waals surface area contributed by atoms with Gasteiger partial charge in [-0.05, 0) is 27.7 Å². The first-order chi connectivity index (χ1) is 12.7. The van der Waals surface area contributed by atoms with Crippen molar-refractivity contribution >= 4 is 11.9 Å². The van der Waals surface area contributed by atoms with E-state index in [1.54, 1.807) is 27.7 Å². The van der Waals surface area contributed by atoms with Crippen molar-refractivity contribution in [2.24, 2.45) is 0 Å². The highest BCUT2D eigenvalue weighted by Gasteiger charge is 2.29. The molecule has 0 fully saturated rings. The van der Waals surface area contributed by atoms with Crippen LogP contribution in [0, 0.1) is 0 Å². The average Bonchev–Trinajstić information content (AvgIpc) is 2.93. The van der Waals surface area contributed by atoms with Crippen molar-refractivity contribution in [1.82, 2.24) is 4.98 Å². The molecule has 1 aromatic rings. The molecule has 9 nitrogen and oxygen atoms in total. The second-order valence-corrected chi connectivity index (χ2v) is 6.61. The van der Waals surface area contributed by atoms with Gasteiger partial charge in [0.1, 0.15) is 17.0 Å². The molecule has 1 rings (SSSR count). The molecule has 0 spiro atoms. The zero-order valence-corrected chi connectivity index (χ0v) is 16.3. The summed E-state index contributed by atoms with van der Waals surface area (Å²) in [7, 11) is 0. The van der Waals surface area contributed by atoms with Gasteiger partial charge in [0.05, 0.1) is 46.2 Å². The maximum Gasteiger partial charge on any atom is 0.355 e. The van der Waals surface area contributed by atoms with Crippen LogP contribution >= 0.6 is 0 Å². The summed E-state index contributed by atoms with van der Waals surface area (Å²) in [6, 6.07) is 0. The number of aliphatic hydroxyl groups is 2. The molecule has 0 unspecified atom stereocenters. The lowest BCUT2D eigenvalue weighted by Crippen LogP contribution is -2.25. The molecule has 0 aliphatic carbocycles. The molecule has 1 aromatic heterocycles. The van der Waals surface area contributed by atoms with Gasteiger partial charge in [0, 0.05) is 11.1 Å². The van der Waals surface area contributed by atoms with Crippen molar-refractivity contribution in [3.8, 4) is 0 Å². The normalized spacial score (nSPS) is 11.5. The zero-order valence-electron chi connectivity index (χ0n) is 16.3. The van der Waals surface area contributed by atoms with Crippen molar-refractivity contribution in [1.29, 1.82) is 0 Å². The minimum atomic E-state index is -0.733. The van der Waals surface area contributed by atoms with Crippen LogP contribution in [0.5, 0.6) is 0 Å². The van der Waals surface area contributed by atoms with Gasteiger partial charge in [-0.25, -0.2) is 9.59 Å². The molecule has 0 atom stereocenters. The van der Waals surface area contributed by atoms with Crippen molar-refractivity contribution < 1.29 is 38.7 Å². The van der Waals surface area contributed by atoms with Crippen molar-refractivity contribution in [2.75, 3.05) is 33.0 Å². The number of nitrogens with one attached hydrogen (secondary N) is 1. The van der Waals surface area contributed by atoms with Gasteiger partial charge in [-0.1, -0.05) is 0 Å². The Morgan fingerprint density at radius 3 is 1.81 bits per heavy atom. The summed E-state index contributed by atoms with van der Waals surface area (Å²) < 4.78 is 21.1. The van der Waals surface area contributed by atoms with E-state index >= 15 is 0 Å². The maximum absolute atomic E-state index is 12.6. The van der Waals surface area contributed by atoms with Crippen molar-refractivity contribution in [3.05, 3.63) is 22.5 Å². The summed E-state index contributed by atoms with van der Waals surface area (Å²) in [4.78, 5) is 27.7. The third-order valence-corrected chi connectivity index (χ3v) is 3.26. The minimum Gasteiger partial charge on any atom is -0.461 e. The largest absolute Gasteiger partial charge is 0.461 e. The monoisotopic (exact) mass is 387 g/mol. The Bertz CT molecular complexity index is 618. The van der Waals surface area contributed by atoms with Gasteiger partial charge in [0.25, 0.3) is 0 Å². The number of hydrogen-bond acceptors (Lipinski definition) is 8. The first kappa shape index (κ1) is 23.1. The second kappa shape index (κ2) is 11.0. The van der Waals surface area contributed by atoms with Crippen LogP contribution in [0.4, 0.5) is 0 Å². The summed E-state index contributed by atoms with van der Waals surface area (Å²) in [5.74, 6) is -1.29. The Hall–Kier alpha value is -1.94. The summed E-state index contributed by atoms with van der Waals surface area (Å²) in [6.45, 7) is 6.69. The van der Waals surface area contributed by atoms with Gasteiger partial charge in [0.15, 0.2) is 0 Å². The summed E-state index contributed by atoms with van der Waals surface area (Å²) >= 11 is 0. The Balaban J connectivity index is 3.32. The fraction of sp³-hybridized carbons (Fsp3) is 0.667. The smallest absolute Gasteiger partial charge is 0.355 e. The molecule has 0 aliphatic heterocycles. The number of H-pyrrole nitrogens is 1. The number of carbonyl (C=O) groups is 2. The van der Waals surface area contributed by atoms with Crippen LogP contribution in [-0.4, -0.2) is 65.8 Å². The highest BCUT2D eigenvalue weighted by molar-refractivity contribution is 5.96. The number of carbonyl (C=O) groups excluding carboxylic acids is 2. The molecule has 27 heavy (non-hydrogen) atoms. The summed E-state index contributed by atoms with van der Waals surface area (Å²) in [5, 5.41) is 17.9. The number of rotatable bonds is 11. The van der Waals surface area contributed by atoms with E-state index in [9.17, 15) is 9.59 Å². The predicted octanol–water partition coefficient (Wildman–Crippen LogP) is 1.16. The highest BCUT2D eigenvalue weighted by atomic mass is 16.6. The number of aliphatic hydroxyl groups excluding tert-OH is 2. The first-order valence-electron chi connectivity index (χ1n) is 8.76. The fourth-order valence-electron chi connectivity index (χ4n) is 2.25. The van der Waals surface area contributed by atoms with Gasteiger partial charge < -0.3 is 34.1 Å². The quantitative estimate of drug-likeness (QED) is 0.381. The SMILES string of the molecule is CCOC(=O)c1[nH]c(C(=O)OC(C)(C)C)c(COCCO)c1COCCO. The molecule has 0 radical (unpaired) electrons. The van der Waals surface area contributed by atoms with Crippen LogP contribution in [0.2, 0.25) is 0 Å². The van der Waals surface area contributed by atoms with E-state index in [1.165, 1.54) is 0 Å². The van der Waals surface area contributed by atoms with Crippen LogP contribution in [-0.2, 0) is 32.2 Å². The zero-order chi connectivity index (χ0) is 20.4. The third-order valence-electron chi connectivity index (χ3n) is 3.26. The average molecular weight is 387 g/mol. The van der Waals surface area contributed by atoms with E-state index in [1.807, 2.05) is 0 Å². The van der Waals surface area contributed by atoms with Crippen LogP contribution in [0.15, 0.2) is 0 Å². The van der Waals surface area contributed by atoms with Crippen molar-refractivity contribution in [3.63, 3.8) is 0 Å². The lowest BCUT2D eigenvalue weighted by atomic mass is 10.1. The molecule has 9 heteroatoms. The molecular formula is C18H29NO8. The maximum atomic E-state index is 12.6. The predicted molar refractivity (Wildman–Crippen MR) is 95.4 cm³/mol. The van der Waals surface area contributed by atoms with Gasteiger partial charge in [-0.2, -0.15) is 0 Å². The molecule has 0 amide bonds. The molecule has 0 saturated carbocycles. The molecule has 0 aliphatic rings. The Kier molecular flexibility index (Phi) is 9.44. The molecule has 1 heterocycles. The molecule has 0 saturated heterocycles. The second-order valence-electron chi connectivity index (χ2n) is 6.61. The van der Waals surface area contributed by atoms with Gasteiger partial charge in [0.2, 0.25) is 0 Å². The van der Waals surface area contributed by atoms with E-state index in [2.05, 4.69) is 4.98 Å². The number of aromatic amines is 1. The Morgan fingerprint density at radius 1 is 0.926 bits per heavy atom. The van der Waals surface area contributed by atoms with E-state index < -0.39 is 17.5 Å². The third kappa shape index (κ3) is 7.30. The number of aromatic nitrogens is 1. The molecule has 0 aromatic carbocycles. The lowest BCUT2D eigenvalue weighted by Gasteiger charge is -2.19. The minimum absolute atomic E-state index is 0.0359. The summed E-state index contributed by atoms with van der Waals surface area (Å²) in [5.41, 5.74) is 0.175.